The van der Waals surface area contributed by atoms with Crippen LogP contribution in [0.15, 0.2) is 77.0 Å². The van der Waals surface area contributed by atoms with E-state index in [1.54, 1.807) is 54.6 Å². The van der Waals surface area contributed by atoms with Crippen LogP contribution in [0.5, 0.6) is 5.75 Å². The summed E-state index contributed by atoms with van der Waals surface area (Å²) in [7, 11) is 0. The van der Waals surface area contributed by atoms with Gasteiger partial charge in [-0.15, -0.1) is 10.2 Å². The molecule has 0 saturated heterocycles. The normalized spacial score (nSPS) is 11.8. The highest BCUT2D eigenvalue weighted by Gasteiger charge is 2.20. The molecule has 6 N–H and O–H groups in total. The molecule has 1 aromatic heterocycles. The van der Waals surface area contributed by atoms with E-state index in [1.165, 1.54) is 12.1 Å². The number of hydrogen-bond donors (Lipinski definition) is 4. The molecular formula is C25H27N7O4. The first-order valence-electron chi connectivity index (χ1n) is 11.1. The van der Waals surface area contributed by atoms with Gasteiger partial charge < -0.3 is 26.8 Å². The first-order valence-corrected chi connectivity index (χ1v) is 11.1. The molecule has 0 aliphatic rings. The Labute approximate surface area is 208 Å². The summed E-state index contributed by atoms with van der Waals surface area (Å²) in [6, 6.07) is 17.4. The zero-order chi connectivity index (χ0) is 26.1. The van der Waals surface area contributed by atoms with Crippen LogP contribution in [-0.2, 0) is 9.59 Å². The summed E-state index contributed by atoms with van der Waals surface area (Å²) >= 11 is 0. The number of rotatable bonds is 9. The molecule has 1 atom stereocenters. The number of pyridine rings is 1. The van der Waals surface area contributed by atoms with Gasteiger partial charge in [0.1, 0.15) is 23.2 Å². The van der Waals surface area contributed by atoms with Crippen molar-refractivity contribution in [2.24, 2.45) is 21.9 Å². The maximum absolute atomic E-state index is 12.2. The minimum Gasteiger partial charge on any atom is -0.423 e. The van der Waals surface area contributed by atoms with Crippen molar-refractivity contribution in [3.8, 4) is 5.75 Å². The molecule has 0 unspecified atom stereocenters. The van der Waals surface area contributed by atoms with Crippen LogP contribution in [0.4, 0.5) is 23.0 Å². The highest BCUT2D eigenvalue weighted by Crippen LogP contribution is 2.31. The van der Waals surface area contributed by atoms with Gasteiger partial charge in [0.25, 0.3) is 5.91 Å². The molecular weight excluding hydrogens is 462 g/mol. The number of nitrogen functional groups attached to an aromatic ring is 1. The summed E-state index contributed by atoms with van der Waals surface area (Å²) in [5, 5.41) is 13.3. The molecule has 0 saturated carbocycles. The summed E-state index contributed by atoms with van der Waals surface area (Å²) in [5.74, 6) is -1.11. The number of carbonyl (C=O) groups excluding carboxylic acids is 3. The average molecular weight is 490 g/mol. The van der Waals surface area contributed by atoms with Crippen molar-refractivity contribution >= 4 is 40.8 Å². The second kappa shape index (κ2) is 12.2. The molecule has 0 fully saturated rings. The van der Waals surface area contributed by atoms with Crippen LogP contribution < -0.4 is 26.8 Å². The smallest absolute Gasteiger partial charge is 0.328 e. The summed E-state index contributed by atoms with van der Waals surface area (Å²) < 4.78 is 5.38. The van der Waals surface area contributed by atoms with Crippen LogP contribution >= 0.6 is 0 Å². The molecule has 11 heteroatoms. The highest BCUT2D eigenvalue weighted by atomic mass is 16.5. The van der Waals surface area contributed by atoms with Gasteiger partial charge in [-0.05, 0) is 42.3 Å². The fourth-order valence-electron chi connectivity index (χ4n) is 2.84. The number of carbonyl (C=O) groups is 3. The Morgan fingerprint density at radius 2 is 1.61 bits per heavy atom. The Balaban J connectivity index is 1.61. The minimum atomic E-state index is -0.774. The third-order valence-electron chi connectivity index (χ3n) is 4.95. The molecule has 36 heavy (non-hydrogen) atoms. The highest BCUT2D eigenvalue weighted by molar-refractivity contribution is 5.99. The number of esters is 1. The standard InChI is InChI=1S/C25H27N7O4/c1-15(2)22(26)25(35)36-19-11-7-6-10-17(19)31-32-18-12-13-20(30-23(18)27)29-21(33)14-28-24(34)16-8-4-3-5-9-16/h3-13,15,22H,14,26H2,1-2H3,(H,28,34)(H3,27,29,30,33)/t22-/m0/s1. The van der Waals surface area contributed by atoms with Gasteiger partial charge in [-0.1, -0.05) is 44.2 Å². The molecule has 186 valence electrons. The topological polar surface area (TPSA) is 174 Å². The number of anilines is 2. The lowest BCUT2D eigenvalue weighted by molar-refractivity contribution is -0.136. The van der Waals surface area contributed by atoms with Crippen molar-refractivity contribution in [1.29, 1.82) is 0 Å². The molecule has 2 aromatic carbocycles. The lowest BCUT2D eigenvalue weighted by Gasteiger charge is -2.14. The van der Waals surface area contributed by atoms with Crippen LogP contribution in [0.3, 0.4) is 0 Å². The zero-order valence-corrected chi connectivity index (χ0v) is 19.8. The second-order valence-corrected chi connectivity index (χ2v) is 8.06. The van der Waals surface area contributed by atoms with Gasteiger partial charge in [-0.2, -0.15) is 0 Å². The zero-order valence-electron chi connectivity index (χ0n) is 19.8. The van der Waals surface area contributed by atoms with Crippen LogP contribution in [0.1, 0.15) is 24.2 Å². The van der Waals surface area contributed by atoms with Gasteiger partial charge in [0, 0.05) is 5.56 Å². The lowest BCUT2D eigenvalue weighted by atomic mass is 10.1. The van der Waals surface area contributed by atoms with Gasteiger partial charge in [0.2, 0.25) is 5.91 Å². The molecule has 3 aromatic rings. The van der Waals surface area contributed by atoms with E-state index >= 15 is 0 Å². The predicted molar refractivity (Wildman–Crippen MR) is 135 cm³/mol. The van der Waals surface area contributed by atoms with Crippen molar-refractivity contribution in [1.82, 2.24) is 10.3 Å². The van der Waals surface area contributed by atoms with Crippen LogP contribution in [0, 0.1) is 5.92 Å². The van der Waals surface area contributed by atoms with Crippen molar-refractivity contribution in [2.75, 3.05) is 17.6 Å². The maximum Gasteiger partial charge on any atom is 0.328 e. The van der Waals surface area contributed by atoms with E-state index < -0.39 is 17.9 Å². The Hall–Kier alpha value is -4.64. The SMILES string of the molecule is CC(C)[C@H](N)C(=O)Oc1ccccc1N=Nc1ccc(NC(=O)CNC(=O)c2ccccc2)nc1N. The number of nitrogens with two attached hydrogens (primary N) is 2. The van der Waals surface area contributed by atoms with Gasteiger partial charge in [0.05, 0.1) is 6.54 Å². The number of azo groups is 1. The molecule has 0 aliphatic carbocycles. The van der Waals surface area contributed by atoms with E-state index in [1.807, 2.05) is 13.8 Å². The van der Waals surface area contributed by atoms with E-state index in [4.69, 9.17) is 16.2 Å². The number of benzene rings is 2. The summed E-state index contributed by atoms with van der Waals surface area (Å²) in [6.45, 7) is 3.40. The number of hydrogen-bond acceptors (Lipinski definition) is 9. The molecule has 0 spiro atoms. The molecule has 1 heterocycles. The molecule has 0 bridgehead atoms. The summed E-state index contributed by atoms with van der Waals surface area (Å²) in [5.41, 5.74) is 12.8. The third kappa shape index (κ3) is 7.18. The fourth-order valence-corrected chi connectivity index (χ4v) is 2.84. The predicted octanol–water partition coefficient (Wildman–Crippen LogP) is 3.34. The number of nitrogens with one attached hydrogen (secondary N) is 2. The van der Waals surface area contributed by atoms with Crippen molar-refractivity contribution in [2.45, 2.75) is 19.9 Å². The number of amides is 2. The average Bonchev–Trinajstić information content (AvgIpc) is 2.87. The van der Waals surface area contributed by atoms with E-state index in [2.05, 4.69) is 25.8 Å². The van der Waals surface area contributed by atoms with Crippen molar-refractivity contribution in [3.63, 3.8) is 0 Å². The van der Waals surface area contributed by atoms with Gasteiger partial charge >= 0.3 is 5.97 Å². The quantitative estimate of drug-likeness (QED) is 0.202. The van der Waals surface area contributed by atoms with E-state index in [9.17, 15) is 14.4 Å². The van der Waals surface area contributed by atoms with Crippen LogP contribution in [0.2, 0.25) is 0 Å². The second-order valence-electron chi connectivity index (χ2n) is 8.06. The first kappa shape index (κ1) is 26.0. The van der Waals surface area contributed by atoms with Crippen LogP contribution in [0.25, 0.3) is 0 Å². The van der Waals surface area contributed by atoms with Crippen molar-refractivity contribution < 1.29 is 19.1 Å². The number of aromatic nitrogens is 1. The van der Waals surface area contributed by atoms with Crippen molar-refractivity contribution in [3.05, 3.63) is 72.3 Å². The fraction of sp³-hybridized carbons (Fsp3) is 0.200. The van der Waals surface area contributed by atoms with Crippen LogP contribution in [-0.4, -0.2) is 35.4 Å². The minimum absolute atomic E-state index is 0.0150. The largest absolute Gasteiger partial charge is 0.423 e. The van der Waals surface area contributed by atoms with E-state index in [-0.39, 0.29) is 41.4 Å². The van der Waals surface area contributed by atoms with Gasteiger partial charge in [-0.3, -0.25) is 9.59 Å². The molecule has 2 amide bonds. The number of nitrogens with zero attached hydrogens (tertiary/aromatic N) is 3. The third-order valence-corrected chi connectivity index (χ3v) is 4.95. The number of para-hydroxylation sites is 1. The lowest BCUT2D eigenvalue weighted by Crippen LogP contribution is -2.38. The monoisotopic (exact) mass is 489 g/mol. The van der Waals surface area contributed by atoms with Gasteiger partial charge in [0.15, 0.2) is 11.6 Å². The number of ether oxygens (including phenoxy) is 1. The Kier molecular flexibility index (Phi) is 8.79. The first-order chi connectivity index (χ1) is 17.2. The Bertz CT molecular complexity index is 1260. The van der Waals surface area contributed by atoms with Gasteiger partial charge in [-0.25, -0.2) is 9.78 Å². The van der Waals surface area contributed by atoms with E-state index in [0.717, 1.165) is 0 Å². The molecule has 0 radical (unpaired) electrons. The summed E-state index contributed by atoms with van der Waals surface area (Å²) in [6.07, 6.45) is 0. The molecule has 11 nitrogen and oxygen atoms in total. The Morgan fingerprint density at radius 1 is 0.944 bits per heavy atom. The van der Waals surface area contributed by atoms with E-state index in [0.29, 0.717) is 11.3 Å². The molecule has 0 aliphatic heterocycles. The molecule has 3 rings (SSSR count). The maximum atomic E-state index is 12.2. The summed E-state index contributed by atoms with van der Waals surface area (Å²) in [4.78, 5) is 40.5. The Morgan fingerprint density at radius 3 is 2.31 bits per heavy atom.